The molecule has 0 aliphatic heterocycles. The van der Waals surface area contributed by atoms with Gasteiger partial charge in [-0.05, 0) is 26.2 Å². The molecule has 3 heteroatoms. The fraction of sp³-hybridized carbons (Fsp3) is 0.600. The van der Waals surface area contributed by atoms with E-state index in [1.54, 1.807) is 12.4 Å². The second-order valence-electron chi connectivity index (χ2n) is 3.96. The van der Waals surface area contributed by atoms with E-state index in [-0.39, 0.29) is 0 Å². The largest absolute Gasteiger partial charge is 0.306 e. The molecule has 0 saturated heterocycles. The van der Waals surface area contributed by atoms with Crippen LogP contribution in [-0.4, -0.2) is 15.5 Å². The Labute approximate surface area is 78.6 Å². The standard InChI is InChI=1S/C10H15N3/c1-10(3-2-4-10)13-8-9-7-11-5-6-12-9/h5-7,13H,2-4,8H2,1H3. The van der Waals surface area contributed by atoms with Crippen molar-refractivity contribution in [3.8, 4) is 0 Å². The highest BCUT2D eigenvalue weighted by Gasteiger charge is 2.30. The maximum Gasteiger partial charge on any atom is 0.0724 e. The Kier molecular flexibility index (Phi) is 2.27. The van der Waals surface area contributed by atoms with E-state index in [1.165, 1.54) is 19.3 Å². The summed E-state index contributed by atoms with van der Waals surface area (Å²) in [6, 6.07) is 0. The van der Waals surface area contributed by atoms with Crippen LogP contribution in [0, 0.1) is 0 Å². The molecule has 2 rings (SSSR count). The normalized spacial score (nSPS) is 19.5. The third-order valence-electron chi connectivity index (χ3n) is 2.77. The molecule has 1 fully saturated rings. The Morgan fingerprint density at radius 2 is 2.31 bits per heavy atom. The first-order valence-corrected chi connectivity index (χ1v) is 4.78. The van der Waals surface area contributed by atoms with Gasteiger partial charge in [-0.1, -0.05) is 0 Å². The average molecular weight is 177 g/mol. The first-order valence-electron chi connectivity index (χ1n) is 4.78. The molecule has 0 spiro atoms. The lowest BCUT2D eigenvalue weighted by molar-refractivity contribution is 0.206. The van der Waals surface area contributed by atoms with Crippen molar-refractivity contribution in [3.05, 3.63) is 24.3 Å². The molecule has 1 aromatic heterocycles. The molecule has 1 heterocycles. The number of hydrogen-bond acceptors (Lipinski definition) is 3. The highest BCUT2D eigenvalue weighted by atomic mass is 15.0. The molecule has 13 heavy (non-hydrogen) atoms. The van der Waals surface area contributed by atoms with Gasteiger partial charge in [-0.2, -0.15) is 0 Å². The SMILES string of the molecule is CC1(NCc2cnccn2)CCC1. The molecule has 0 amide bonds. The van der Waals surface area contributed by atoms with Crippen LogP contribution in [0.15, 0.2) is 18.6 Å². The van der Waals surface area contributed by atoms with Crippen LogP contribution in [0.3, 0.4) is 0 Å². The van der Waals surface area contributed by atoms with Crippen molar-refractivity contribution >= 4 is 0 Å². The van der Waals surface area contributed by atoms with Crippen LogP contribution in [0.1, 0.15) is 31.9 Å². The van der Waals surface area contributed by atoms with Gasteiger partial charge >= 0.3 is 0 Å². The summed E-state index contributed by atoms with van der Waals surface area (Å²) in [5.74, 6) is 0. The van der Waals surface area contributed by atoms with Gasteiger partial charge in [-0.15, -0.1) is 0 Å². The fourth-order valence-electron chi connectivity index (χ4n) is 1.61. The van der Waals surface area contributed by atoms with Gasteiger partial charge in [0, 0.05) is 30.7 Å². The van der Waals surface area contributed by atoms with Crippen molar-refractivity contribution in [2.24, 2.45) is 0 Å². The first kappa shape index (κ1) is 8.63. The van der Waals surface area contributed by atoms with E-state index in [2.05, 4.69) is 22.2 Å². The monoisotopic (exact) mass is 177 g/mol. The van der Waals surface area contributed by atoms with Gasteiger partial charge in [0.15, 0.2) is 0 Å². The Morgan fingerprint density at radius 1 is 1.46 bits per heavy atom. The van der Waals surface area contributed by atoms with E-state index < -0.39 is 0 Å². The lowest BCUT2D eigenvalue weighted by Gasteiger charge is -2.39. The molecule has 0 bridgehead atoms. The van der Waals surface area contributed by atoms with Gasteiger partial charge in [0.25, 0.3) is 0 Å². The smallest absolute Gasteiger partial charge is 0.0724 e. The van der Waals surface area contributed by atoms with E-state index in [0.29, 0.717) is 5.54 Å². The summed E-state index contributed by atoms with van der Waals surface area (Å²) in [7, 11) is 0. The molecule has 1 N–H and O–H groups in total. The Hall–Kier alpha value is -0.960. The van der Waals surface area contributed by atoms with Crippen molar-refractivity contribution in [2.45, 2.75) is 38.3 Å². The predicted molar refractivity (Wildman–Crippen MR) is 51.1 cm³/mol. The van der Waals surface area contributed by atoms with E-state index in [1.807, 2.05) is 6.20 Å². The molecule has 70 valence electrons. The van der Waals surface area contributed by atoms with Crippen molar-refractivity contribution < 1.29 is 0 Å². The lowest BCUT2D eigenvalue weighted by atomic mass is 9.78. The minimum atomic E-state index is 0.359. The van der Waals surface area contributed by atoms with E-state index in [9.17, 15) is 0 Å². The van der Waals surface area contributed by atoms with Gasteiger partial charge in [0.05, 0.1) is 5.69 Å². The molecule has 1 aliphatic carbocycles. The van der Waals surface area contributed by atoms with Crippen LogP contribution in [0.2, 0.25) is 0 Å². The molecule has 1 aromatic rings. The first-order chi connectivity index (χ1) is 6.29. The number of hydrogen-bond donors (Lipinski definition) is 1. The maximum atomic E-state index is 4.22. The summed E-state index contributed by atoms with van der Waals surface area (Å²) in [4.78, 5) is 8.24. The quantitative estimate of drug-likeness (QED) is 0.760. The van der Waals surface area contributed by atoms with E-state index >= 15 is 0 Å². The molecule has 0 unspecified atom stereocenters. The van der Waals surface area contributed by atoms with Crippen molar-refractivity contribution in [1.29, 1.82) is 0 Å². The molecule has 0 aromatic carbocycles. The second-order valence-corrected chi connectivity index (χ2v) is 3.96. The Balaban J connectivity index is 1.86. The summed E-state index contributed by atoms with van der Waals surface area (Å²) >= 11 is 0. The zero-order valence-electron chi connectivity index (χ0n) is 7.95. The van der Waals surface area contributed by atoms with E-state index in [4.69, 9.17) is 0 Å². The van der Waals surface area contributed by atoms with Crippen LogP contribution in [0.25, 0.3) is 0 Å². The molecular weight excluding hydrogens is 162 g/mol. The lowest BCUT2D eigenvalue weighted by Crippen LogP contribution is -2.47. The van der Waals surface area contributed by atoms with E-state index in [0.717, 1.165) is 12.2 Å². The average Bonchev–Trinajstić information content (AvgIpc) is 2.13. The second kappa shape index (κ2) is 3.42. The number of aromatic nitrogens is 2. The van der Waals surface area contributed by atoms with Crippen molar-refractivity contribution in [3.63, 3.8) is 0 Å². The molecule has 0 radical (unpaired) electrons. The van der Waals surface area contributed by atoms with Gasteiger partial charge < -0.3 is 5.32 Å². The van der Waals surface area contributed by atoms with Crippen molar-refractivity contribution in [1.82, 2.24) is 15.3 Å². The molecule has 1 aliphatic rings. The van der Waals surface area contributed by atoms with Gasteiger partial charge in [0.2, 0.25) is 0 Å². The van der Waals surface area contributed by atoms with Gasteiger partial charge in [-0.3, -0.25) is 9.97 Å². The minimum Gasteiger partial charge on any atom is -0.306 e. The Bertz CT molecular complexity index is 267. The Morgan fingerprint density at radius 3 is 2.85 bits per heavy atom. The third kappa shape index (κ3) is 2.04. The summed E-state index contributed by atoms with van der Waals surface area (Å²) in [5.41, 5.74) is 1.38. The predicted octanol–water partition coefficient (Wildman–Crippen LogP) is 1.51. The van der Waals surface area contributed by atoms with Crippen molar-refractivity contribution in [2.75, 3.05) is 0 Å². The maximum absolute atomic E-state index is 4.22. The van der Waals surface area contributed by atoms with Crippen LogP contribution in [0.5, 0.6) is 0 Å². The molecule has 0 atom stereocenters. The van der Waals surface area contributed by atoms with Crippen LogP contribution in [-0.2, 0) is 6.54 Å². The van der Waals surface area contributed by atoms with Crippen LogP contribution < -0.4 is 5.32 Å². The zero-order valence-corrected chi connectivity index (χ0v) is 7.95. The topological polar surface area (TPSA) is 37.8 Å². The highest BCUT2D eigenvalue weighted by molar-refractivity contribution is 4.98. The van der Waals surface area contributed by atoms with Crippen LogP contribution in [0.4, 0.5) is 0 Å². The number of rotatable bonds is 3. The summed E-state index contributed by atoms with van der Waals surface area (Å²) in [5, 5.41) is 3.51. The minimum absolute atomic E-state index is 0.359. The molecular formula is C10H15N3. The van der Waals surface area contributed by atoms with Gasteiger partial charge in [-0.25, -0.2) is 0 Å². The van der Waals surface area contributed by atoms with Crippen LogP contribution >= 0.6 is 0 Å². The summed E-state index contributed by atoms with van der Waals surface area (Å²) < 4.78 is 0. The highest BCUT2D eigenvalue weighted by Crippen LogP contribution is 2.30. The molecule has 1 saturated carbocycles. The fourth-order valence-corrected chi connectivity index (χ4v) is 1.61. The number of nitrogens with zero attached hydrogens (tertiary/aromatic N) is 2. The third-order valence-corrected chi connectivity index (χ3v) is 2.77. The van der Waals surface area contributed by atoms with Gasteiger partial charge in [0.1, 0.15) is 0 Å². The number of nitrogens with one attached hydrogen (secondary N) is 1. The summed E-state index contributed by atoms with van der Waals surface area (Å²) in [6.45, 7) is 3.11. The molecule has 3 nitrogen and oxygen atoms in total. The summed E-state index contributed by atoms with van der Waals surface area (Å²) in [6.07, 6.45) is 9.17. The zero-order chi connectivity index (χ0) is 9.15.